The molecule has 1 amide bonds. The first-order valence-electron chi connectivity index (χ1n) is 6.81. The highest BCUT2D eigenvalue weighted by molar-refractivity contribution is 5.96. The van der Waals surface area contributed by atoms with E-state index in [9.17, 15) is 9.90 Å². The van der Waals surface area contributed by atoms with Crippen LogP contribution in [-0.2, 0) is 9.53 Å². The second kappa shape index (κ2) is 7.57. The fourth-order valence-electron chi connectivity index (χ4n) is 2.09. The number of hydrogen-bond donors (Lipinski definition) is 2. The maximum atomic E-state index is 11.7. The third-order valence-electron chi connectivity index (χ3n) is 3.11. The minimum Gasteiger partial charge on any atom is -0.389 e. The highest BCUT2D eigenvalue weighted by Crippen LogP contribution is 2.19. The van der Waals surface area contributed by atoms with Crippen molar-refractivity contribution in [3.8, 4) is 0 Å². The molecular formula is C17H19NO3. The van der Waals surface area contributed by atoms with Gasteiger partial charge in [-0.3, -0.25) is 4.79 Å². The number of hydrogen-bond acceptors (Lipinski definition) is 3. The van der Waals surface area contributed by atoms with Crippen molar-refractivity contribution in [1.29, 1.82) is 0 Å². The van der Waals surface area contributed by atoms with Crippen molar-refractivity contribution in [3.63, 3.8) is 0 Å². The van der Waals surface area contributed by atoms with Gasteiger partial charge in [-0.15, -0.1) is 0 Å². The predicted molar refractivity (Wildman–Crippen MR) is 83.9 cm³/mol. The van der Waals surface area contributed by atoms with Crippen LogP contribution in [0.5, 0.6) is 0 Å². The van der Waals surface area contributed by atoms with Crippen LogP contribution in [0.1, 0.15) is 5.56 Å². The topological polar surface area (TPSA) is 58.6 Å². The van der Waals surface area contributed by atoms with E-state index in [0.29, 0.717) is 0 Å². The molecule has 0 saturated carbocycles. The molecule has 21 heavy (non-hydrogen) atoms. The molecule has 2 rings (SSSR count). The Hall–Kier alpha value is -2.17. The summed E-state index contributed by atoms with van der Waals surface area (Å²) in [5.41, 5.74) is 0.987. The molecule has 1 unspecified atom stereocenters. The molecule has 0 aliphatic rings. The van der Waals surface area contributed by atoms with Gasteiger partial charge in [0.25, 0.3) is 0 Å². The molecule has 0 bridgehead atoms. The Morgan fingerprint density at radius 3 is 2.86 bits per heavy atom. The van der Waals surface area contributed by atoms with E-state index >= 15 is 0 Å². The average molecular weight is 285 g/mol. The van der Waals surface area contributed by atoms with E-state index in [-0.39, 0.29) is 19.1 Å². The van der Waals surface area contributed by atoms with Gasteiger partial charge < -0.3 is 15.2 Å². The maximum Gasteiger partial charge on any atom is 0.244 e. The molecule has 110 valence electrons. The zero-order valence-electron chi connectivity index (χ0n) is 12.0. The molecule has 0 aromatic heterocycles. The fourth-order valence-corrected chi connectivity index (χ4v) is 2.09. The van der Waals surface area contributed by atoms with Gasteiger partial charge in [-0.25, -0.2) is 0 Å². The number of methoxy groups -OCH3 is 1. The molecular weight excluding hydrogens is 266 g/mol. The number of nitrogens with one attached hydrogen (secondary N) is 1. The smallest absolute Gasteiger partial charge is 0.244 e. The van der Waals surface area contributed by atoms with Gasteiger partial charge in [0.15, 0.2) is 0 Å². The van der Waals surface area contributed by atoms with E-state index < -0.39 is 6.10 Å². The lowest BCUT2D eigenvalue weighted by Gasteiger charge is -2.09. The van der Waals surface area contributed by atoms with Crippen molar-refractivity contribution in [3.05, 3.63) is 54.1 Å². The molecule has 1 atom stereocenters. The van der Waals surface area contributed by atoms with Crippen LogP contribution in [0.4, 0.5) is 0 Å². The molecule has 2 aromatic carbocycles. The Morgan fingerprint density at radius 2 is 2.05 bits per heavy atom. The number of amides is 1. The van der Waals surface area contributed by atoms with E-state index in [0.717, 1.165) is 16.3 Å². The lowest BCUT2D eigenvalue weighted by atomic mass is 10.0. The van der Waals surface area contributed by atoms with E-state index in [1.807, 2.05) is 42.5 Å². The zero-order valence-corrected chi connectivity index (χ0v) is 12.0. The predicted octanol–water partition coefficient (Wildman–Crippen LogP) is 1.98. The molecule has 0 saturated heterocycles. The lowest BCUT2D eigenvalue weighted by molar-refractivity contribution is -0.117. The van der Waals surface area contributed by atoms with Crippen molar-refractivity contribution >= 4 is 22.8 Å². The third-order valence-corrected chi connectivity index (χ3v) is 3.11. The minimum absolute atomic E-state index is 0.173. The van der Waals surface area contributed by atoms with Gasteiger partial charge in [-0.1, -0.05) is 42.5 Å². The lowest BCUT2D eigenvalue weighted by Crippen LogP contribution is -2.33. The molecule has 0 aliphatic heterocycles. The Morgan fingerprint density at radius 1 is 1.29 bits per heavy atom. The summed E-state index contributed by atoms with van der Waals surface area (Å²) in [6.07, 6.45) is 2.56. The van der Waals surface area contributed by atoms with Crippen molar-refractivity contribution in [1.82, 2.24) is 5.32 Å². The van der Waals surface area contributed by atoms with Crippen LogP contribution in [0.2, 0.25) is 0 Å². The summed E-state index contributed by atoms with van der Waals surface area (Å²) < 4.78 is 4.79. The number of aliphatic hydroxyl groups is 1. The summed E-state index contributed by atoms with van der Waals surface area (Å²) >= 11 is 0. The van der Waals surface area contributed by atoms with Crippen molar-refractivity contribution in [2.24, 2.45) is 0 Å². The number of rotatable bonds is 6. The Kier molecular flexibility index (Phi) is 5.49. The van der Waals surface area contributed by atoms with Gasteiger partial charge in [0.1, 0.15) is 0 Å². The van der Waals surface area contributed by atoms with E-state index in [4.69, 9.17) is 4.74 Å². The first-order valence-corrected chi connectivity index (χ1v) is 6.81. The van der Waals surface area contributed by atoms with Crippen molar-refractivity contribution in [2.75, 3.05) is 20.3 Å². The molecule has 0 heterocycles. The average Bonchev–Trinajstić information content (AvgIpc) is 2.51. The largest absolute Gasteiger partial charge is 0.389 e. The van der Waals surface area contributed by atoms with Crippen LogP contribution in [0, 0.1) is 0 Å². The van der Waals surface area contributed by atoms with Gasteiger partial charge in [0.2, 0.25) is 5.91 Å². The molecule has 0 aliphatic carbocycles. The second-order valence-electron chi connectivity index (χ2n) is 4.76. The number of carbonyl (C=O) groups excluding carboxylic acids is 1. The Labute approximate surface area is 124 Å². The van der Waals surface area contributed by atoms with Crippen LogP contribution in [0.3, 0.4) is 0 Å². The molecule has 4 heteroatoms. The van der Waals surface area contributed by atoms with Crippen LogP contribution in [0.25, 0.3) is 16.8 Å². The van der Waals surface area contributed by atoms with Crippen molar-refractivity contribution < 1.29 is 14.6 Å². The summed E-state index contributed by atoms with van der Waals surface area (Å²) in [6.45, 7) is 0.375. The van der Waals surface area contributed by atoms with Gasteiger partial charge in [-0.05, 0) is 22.4 Å². The SMILES string of the molecule is COCC(O)CNC(=O)/C=C/c1cccc2ccccc12. The normalized spacial score (nSPS) is 12.7. The highest BCUT2D eigenvalue weighted by atomic mass is 16.5. The Balaban J connectivity index is 2.01. The van der Waals surface area contributed by atoms with Crippen LogP contribution in [-0.4, -0.2) is 37.4 Å². The molecule has 2 N–H and O–H groups in total. The second-order valence-corrected chi connectivity index (χ2v) is 4.76. The van der Waals surface area contributed by atoms with E-state index in [1.54, 1.807) is 6.08 Å². The first kappa shape index (κ1) is 15.2. The number of fused-ring (bicyclic) bond motifs is 1. The van der Waals surface area contributed by atoms with Crippen LogP contribution >= 0.6 is 0 Å². The molecule has 4 nitrogen and oxygen atoms in total. The molecule has 0 fully saturated rings. The third kappa shape index (κ3) is 4.41. The maximum absolute atomic E-state index is 11.7. The van der Waals surface area contributed by atoms with Crippen LogP contribution < -0.4 is 5.32 Å². The van der Waals surface area contributed by atoms with Gasteiger partial charge in [-0.2, -0.15) is 0 Å². The summed E-state index contributed by atoms with van der Waals surface area (Å²) in [5, 5.41) is 14.3. The summed E-state index contributed by atoms with van der Waals surface area (Å²) in [6, 6.07) is 14.0. The zero-order chi connectivity index (χ0) is 15.1. The highest BCUT2D eigenvalue weighted by Gasteiger charge is 2.04. The number of ether oxygens (including phenoxy) is 1. The number of benzene rings is 2. The molecule has 0 radical (unpaired) electrons. The fraction of sp³-hybridized carbons (Fsp3) is 0.235. The molecule has 0 spiro atoms. The van der Waals surface area contributed by atoms with Crippen LogP contribution in [0.15, 0.2) is 48.5 Å². The number of aliphatic hydroxyl groups excluding tert-OH is 1. The van der Waals surface area contributed by atoms with Gasteiger partial charge in [0.05, 0.1) is 12.7 Å². The standard InChI is InChI=1S/C17H19NO3/c1-21-12-15(19)11-18-17(20)10-9-14-7-4-6-13-5-2-3-8-16(13)14/h2-10,15,19H,11-12H2,1H3,(H,18,20)/b10-9+. The van der Waals surface area contributed by atoms with E-state index in [1.165, 1.54) is 13.2 Å². The molecule has 2 aromatic rings. The summed E-state index contributed by atoms with van der Waals surface area (Å²) in [4.78, 5) is 11.7. The van der Waals surface area contributed by atoms with Crippen molar-refractivity contribution in [2.45, 2.75) is 6.10 Å². The summed E-state index contributed by atoms with van der Waals surface area (Å²) in [5.74, 6) is -0.238. The quantitative estimate of drug-likeness (QED) is 0.798. The summed E-state index contributed by atoms with van der Waals surface area (Å²) in [7, 11) is 1.51. The van der Waals surface area contributed by atoms with E-state index in [2.05, 4.69) is 5.32 Å². The minimum atomic E-state index is -0.690. The monoisotopic (exact) mass is 285 g/mol. The Bertz CT molecular complexity index is 631. The van der Waals surface area contributed by atoms with Gasteiger partial charge in [0, 0.05) is 19.7 Å². The number of carbonyl (C=O) groups is 1. The van der Waals surface area contributed by atoms with Gasteiger partial charge >= 0.3 is 0 Å². The first-order chi connectivity index (χ1) is 10.2.